The highest BCUT2D eigenvalue weighted by atomic mass is 32.1. The van der Waals surface area contributed by atoms with Crippen molar-refractivity contribution < 1.29 is 14.3 Å². The van der Waals surface area contributed by atoms with Gasteiger partial charge in [-0.05, 0) is 12.1 Å². The number of hydrogen-bond acceptors (Lipinski definition) is 6. The summed E-state index contributed by atoms with van der Waals surface area (Å²) in [6.45, 7) is 4.21. The van der Waals surface area contributed by atoms with Crippen molar-refractivity contribution >= 4 is 33.4 Å². The second-order valence-electron chi connectivity index (χ2n) is 6.58. The average molecular weight is 391 g/mol. The van der Waals surface area contributed by atoms with Crippen molar-refractivity contribution in [2.75, 3.05) is 53.0 Å². The number of aryl methyl sites for hydroxylation is 1. The Morgan fingerprint density at radius 1 is 1.22 bits per heavy atom. The molecule has 2 amide bonds. The summed E-state index contributed by atoms with van der Waals surface area (Å²) >= 11 is 1.66. The zero-order chi connectivity index (χ0) is 19.1. The molecule has 0 bridgehead atoms. The van der Waals surface area contributed by atoms with Crippen molar-refractivity contribution in [2.24, 2.45) is 0 Å². The molecule has 1 fully saturated rings. The molecule has 8 heteroatoms. The topological polar surface area (TPSA) is 74.8 Å². The van der Waals surface area contributed by atoms with Crippen LogP contribution in [0.3, 0.4) is 0 Å². The van der Waals surface area contributed by atoms with E-state index in [9.17, 15) is 9.59 Å². The average Bonchev–Trinajstić information content (AvgIpc) is 3.10. The molecule has 1 aromatic heterocycles. The number of nitrogens with one attached hydrogen (secondary N) is 1. The van der Waals surface area contributed by atoms with E-state index < -0.39 is 0 Å². The molecule has 1 saturated heterocycles. The lowest BCUT2D eigenvalue weighted by Gasteiger charge is -2.34. The highest BCUT2D eigenvalue weighted by Crippen LogP contribution is 2.22. The van der Waals surface area contributed by atoms with E-state index in [1.54, 1.807) is 18.4 Å². The maximum absolute atomic E-state index is 12.5. The van der Waals surface area contributed by atoms with Gasteiger partial charge in [0.15, 0.2) is 0 Å². The maximum Gasteiger partial charge on any atom is 0.234 e. The van der Waals surface area contributed by atoms with Crippen LogP contribution >= 0.6 is 11.3 Å². The van der Waals surface area contributed by atoms with Gasteiger partial charge >= 0.3 is 0 Å². The van der Waals surface area contributed by atoms with Gasteiger partial charge in [0.1, 0.15) is 0 Å². The quantitative estimate of drug-likeness (QED) is 0.684. The smallest absolute Gasteiger partial charge is 0.234 e. The number of nitrogens with zero attached hydrogens (tertiary/aromatic N) is 3. The standard InChI is InChI=1S/C19H26N4O3S/c1-26-13-8-20-17(24)14-22-9-11-23(12-10-22)19(25)7-6-18-21-15-4-2-3-5-16(15)27-18/h2-5H,6-14H2,1H3,(H,20,24). The Kier molecular flexibility index (Phi) is 7.14. The fourth-order valence-electron chi connectivity index (χ4n) is 3.11. The lowest BCUT2D eigenvalue weighted by molar-refractivity contribution is -0.133. The fraction of sp³-hybridized carbons (Fsp3) is 0.526. The van der Waals surface area contributed by atoms with Crippen LogP contribution in [0.15, 0.2) is 24.3 Å². The van der Waals surface area contributed by atoms with Gasteiger partial charge in [-0.25, -0.2) is 4.98 Å². The highest BCUT2D eigenvalue weighted by Gasteiger charge is 2.22. The van der Waals surface area contributed by atoms with Gasteiger partial charge in [-0.3, -0.25) is 14.5 Å². The number of carbonyl (C=O) groups excluding carboxylic acids is 2. The molecular formula is C19H26N4O3S. The summed E-state index contributed by atoms with van der Waals surface area (Å²) < 4.78 is 6.08. The van der Waals surface area contributed by atoms with Gasteiger partial charge in [0, 0.05) is 52.7 Å². The van der Waals surface area contributed by atoms with Crippen molar-refractivity contribution in [2.45, 2.75) is 12.8 Å². The highest BCUT2D eigenvalue weighted by molar-refractivity contribution is 7.18. The van der Waals surface area contributed by atoms with Crippen LogP contribution in [0.5, 0.6) is 0 Å². The van der Waals surface area contributed by atoms with Gasteiger partial charge in [0.2, 0.25) is 11.8 Å². The molecule has 0 spiro atoms. The summed E-state index contributed by atoms with van der Waals surface area (Å²) in [5.41, 5.74) is 1.00. The first-order valence-electron chi connectivity index (χ1n) is 9.26. The number of ether oxygens (including phenoxy) is 1. The van der Waals surface area contributed by atoms with Crippen LogP contribution < -0.4 is 5.32 Å². The predicted octanol–water partition coefficient (Wildman–Crippen LogP) is 1.14. The molecule has 7 nitrogen and oxygen atoms in total. The third kappa shape index (κ3) is 5.72. The van der Waals surface area contributed by atoms with E-state index in [4.69, 9.17) is 4.74 Å². The molecule has 27 heavy (non-hydrogen) atoms. The molecule has 2 aromatic rings. The van der Waals surface area contributed by atoms with Crippen LogP contribution in [-0.4, -0.2) is 79.6 Å². The zero-order valence-electron chi connectivity index (χ0n) is 15.6. The van der Waals surface area contributed by atoms with Crippen molar-refractivity contribution in [1.29, 1.82) is 0 Å². The van der Waals surface area contributed by atoms with Gasteiger partial charge < -0.3 is 15.0 Å². The number of rotatable bonds is 8. The number of piperazine rings is 1. The first-order valence-corrected chi connectivity index (χ1v) is 10.1. The van der Waals surface area contributed by atoms with Gasteiger partial charge in [-0.1, -0.05) is 12.1 Å². The van der Waals surface area contributed by atoms with Crippen LogP contribution in [0.1, 0.15) is 11.4 Å². The van der Waals surface area contributed by atoms with Crippen LogP contribution in [-0.2, 0) is 20.7 Å². The largest absolute Gasteiger partial charge is 0.383 e. The first-order chi connectivity index (χ1) is 13.2. The fourth-order valence-corrected chi connectivity index (χ4v) is 4.07. The Morgan fingerprint density at radius 2 is 2.00 bits per heavy atom. The van der Waals surface area contributed by atoms with E-state index >= 15 is 0 Å². The van der Waals surface area contributed by atoms with E-state index in [1.165, 1.54) is 0 Å². The molecule has 0 radical (unpaired) electrons. The number of para-hydroxylation sites is 1. The van der Waals surface area contributed by atoms with Gasteiger partial charge in [0.25, 0.3) is 0 Å². The molecule has 146 valence electrons. The predicted molar refractivity (Wildman–Crippen MR) is 106 cm³/mol. The van der Waals surface area contributed by atoms with Crippen LogP contribution in [0, 0.1) is 0 Å². The van der Waals surface area contributed by atoms with Gasteiger partial charge in [-0.2, -0.15) is 0 Å². The molecular weight excluding hydrogens is 364 g/mol. The van der Waals surface area contributed by atoms with Crippen LogP contribution in [0.4, 0.5) is 0 Å². The van der Waals surface area contributed by atoms with Crippen LogP contribution in [0.25, 0.3) is 10.2 Å². The number of carbonyl (C=O) groups is 2. The van der Waals surface area contributed by atoms with E-state index in [0.717, 1.165) is 28.3 Å². The van der Waals surface area contributed by atoms with Crippen molar-refractivity contribution in [1.82, 2.24) is 20.1 Å². The minimum atomic E-state index is 0.00247. The number of benzene rings is 1. The number of hydrogen-bond donors (Lipinski definition) is 1. The van der Waals surface area contributed by atoms with Crippen molar-refractivity contribution in [3.63, 3.8) is 0 Å². The maximum atomic E-state index is 12.5. The molecule has 0 atom stereocenters. The minimum Gasteiger partial charge on any atom is -0.383 e. The van der Waals surface area contributed by atoms with Crippen molar-refractivity contribution in [3.8, 4) is 0 Å². The normalized spacial score (nSPS) is 15.2. The third-order valence-corrected chi connectivity index (χ3v) is 5.71. The molecule has 2 heterocycles. The molecule has 1 aliphatic rings. The Bertz CT molecular complexity index is 738. The summed E-state index contributed by atoms with van der Waals surface area (Å²) in [4.78, 5) is 32.9. The third-order valence-electron chi connectivity index (χ3n) is 4.61. The second-order valence-corrected chi connectivity index (χ2v) is 7.69. The Labute approximate surface area is 163 Å². The van der Waals surface area contributed by atoms with E-state index in [1.807, 2.05) is 23.1 Å². The molecule has 0 saturated carbocycles. The summed E-state index contributed by atoms with van der Waals surface area (Å²) in [5.74, 6) is 0.168. The summed E-state index contributed by atoms with van der Waals surface area (Å²) in [7, 11) is 1.61. The summed E-state index contributed by atoms with van der Waals surface area (Å²) in [6, 6.07) is 8.05. The number of methoxy groups -OCH3 is 1. The Balaban J connectivity index is 1.38. The molecule has 3 rings (SSSR count). The first kappa shape index (κ1) is 19.7. The van der Waals surface area contributed by atoms with E-state index in [-0.39, 0.29) is 11.8 Å². The van der Waals surface area contributed by atoms with E-state index in [2.05, 4.69) is 21.3 Å². The Hall–Kier alpha value is -2.03. The molecule has 1 N–H and O–H groups in total. The van der Waals surface area contributed by atoms with Crippen molar-refractivity contribution in [3.05, 3.63) is 29.3 Å². The number of fused-ring (bicyclic) bond motifs is 1. The summed E-state index contributed by atoms with van der Waals surface area (Å²) in [5, 5.41) is 3.83. The SMILES string of the molecule is COCCNC(=O)CN1CCN(C(=O)CCc2nc3ccccc3s2)CC1. The van der Waals surface area contributed by atoms with Gasteiger partial charge in [0.05, 0.1) is 28.4 Å². The number of aromatic nitrogens is 1. The van der Waals surface area contributed by atoms with Gasteiger partial charge in [-0.15, -0.1) is 11.3 Å². The molecule has 1 aromatic carbocycles. The second kappa shape index (κ2) is 9.77. The van der Waals surface area contributed by atoms with Crippen LogP contribution in [0.2, 0.25) is 0 Å². The Morgan fingerprint density at radius 3 is 2.74 bits per heavy atom. The monoisotopic (exact) mass is 390 g/mol. The number of amides is 2. The summed E-state index contributed by atoms with van der Waals surface area (Å²) in [6.07, 6.45) is 1.16. The molecule has 0 unspecified atom stereocenters. The van der Waals surface area contributed by atoms with E-state index in [0.29, 0.717) is 45.6 Å². The number of thiazole rings is 1. The molecule has 0 aliphatic carbocycles. The minimum absolute atomic E-state index is 0.00247. The lowest BCUT2D eigenvalue weighted by atomic mass is 10.2. The zero-order valence-corrected chi connectivity index (χ0v) is 16.5. The molecule has 1 aliphatic heterocycles. The lowest BCUT2D eigenvalue weighted by Crippen LogP contribution is -2.51.